The number of nitrogens with one attached hydrogen (secondary N) is 1. The minimum Gasteiger partial charge on any atom is -0.484 e. The Hall–Kier alpha value is -2.82. The second-order valence-electron chi connectivity index (χ2n) is 10.5. The van der Waals surface area contributed by atoms with Gasteiger partial charge in [-0.2, -0.15) is 0 Å². The average Bonchev–Trinajstić information content (AvgIpc) is 3.30. The van der Waals surface area contributed by atoms with Crippen molar-refractivity contribution in [2.75, 3.05) is 6.61 Å². The van der Waals surface area contributed by atoms with E-state index < -0.39 is 6.04 Å². The summed E-state index contributed by atoms with van der Waals surface area (Å²) in [6, 6.07) is 15.7. The molecule has 5 nitrogen and oxygen atoms in total. The van der Waals surface area contributed by atoms with Gasteiger partial charge in [-0.25, -0.2) is 0 Å². The van der Waals surface area contributed by atoms with Crippen LogP contribution in [0.3, 0.4) is 0 Å². The van der Waals surface area contributed by atoms with E-state index >= 15 is 0 Å². The quantitative estimate of drug-likeness (QED) is 0.530. The molecule has 184 valence electrons. The lowest BCUT2D eigenvalue weighted by atomic mass is 9.87. The van der Waals surface area contributed by atoms with Gasteiger partial charge in [0.25, 0.3) is 5.91 Å². The molecule has 0 heterocycles. The van der Waals surface area contributed by atoms with Crippen molar-refractivity contribution in [3.63, 3.8) is 0 Å². The van der Waals surface area contributed by atoms with E-state index in [1.54, 1.807) is 4.90 Å². The largest absolute Gasteiger partial charge is 0.484 e. The molecule has 1 N–H and O–H groups in total. The Morgan fingerprint density at radius 2 is 1.76 bits per heavy atom. The number of nitrogens with zero attached hydrogens (tertiary/aromatic N) is 1. The zero-order valence-corrected chi connectivity index (χ0v) is 21.4. The van der Waals surface area contributed by atoms with E-state index in [1.807, 2.05) is 56.3 Å². The van der Waals surface area contributed by atoms with Crippen LogP contribution >= 0.6 is 0 Å². The molecule has 1 saturated carbocycles. The van der Waals surface area contributed by atoms with Gasteiger partial charge in [-0.1, -0.05) is 82.5 Å². The molecule has 0 radical (unpaired) electrons. The lowest BCUT2D eigenvalue weighted by Crippen LogP contribution is -2.52. The average molecular weight is 465 g/mol. The smallest absolute Gasteiger partial charge is 0.261 e. The Labute approximate surface area is 204 Å². The third kappa shape index (κ3) is 7.09. The van der Waals surface area contributed by atoms with Crippen molar-refractivity contribution < 1.29 is 14.3 Å². The fourth-order valence-electron chi connectivity index (χ4n) is 4.57. The van der Waals surface area contributed by atoms with Gasteiger partial charge >= 0.3 is 0 Å². The van der Waals surface area contributed by atoms with E-state index in [4.69, 9.17) is 4.74 Å². The number of aryl methyl sites for hydroxylation is 1. The van der Waals surface area contributed by atoms with Crippen molar-refractivity contribution in [1.82, 2.24) is 10.2 Å². The molecule has 0 saturated heterocycles. The lowest BCUT2D eigenvalue weighted by Gasteiger charge is -2.31. The third-order valence-corrected chi connectivity index (χ3v) is 6.61. The molecule has 3 rings (SSSR count). The van der Waals surface area contributed by atoms with Crippen LogP contribution < -0.4 is 10.1 Å². The van der Waals surface area contributed by atoms with E-state index in [9.17, 15) is 9.59 Å². The van der Waals surface area contributed by atoms with Gasteiger partial charge in [-0.05, 0) is 54.9 Å². The molecule has 2 aromatic rings. The Kier molecular flexibility index (Phi) is 8.76. The normalized spacial score (nSPS) is 15.1. The van der Waals surface area contributed by atoms with Crippen LogP contribution in [0.1, 0.15) is 76.5 Å². The molecule has 1 aliphatic rings. The summed E-state index contributed by atoms with van der Waals surface area (Å²) < 4.78 is 5.86. The van der Waals surface area contributed by atoms with Crippen LogP contribution in [0, 0.1) is 6.92 Å². The zero-order valence-electron chi connectivity index (χ0n) is 21.4. The van der Waals surface area contributed by atoms with E-state index in [-0.39, 0.29) is 29.9 Å². The first-order chi connectivity index (χ1) is 16.2. The summed E-state index contributed by atoms with van der Waals surface area (Å²) in [5, 5.41) is 3.18. The molecule has 34 heavy (non-hydrogen) atoms. The summed E-state index contributed by atoms with van der Waals surface area (Å²) in [6.07, 6.45) is 4.88. The second kappa shape index (κ2) is 11.5. The number of benzene rings is 2. The fraction of sp³-hybridized carbons (Fsp3) is 0.517. The number of hydrogen-bond acceptors (Lipinski definition) is 3. The standard InChI is InChI=1S/C29H40N2O3/c1-6-26(28(33)30-24-12-7-8-13-24)31(19-22-11-9-10-21(2)18-22)27(32)20-34-25-16-14-23(15-17-25)29(3,4)5/h9-11,14-18,24,26H,6-8,12-13,19-20H2,1-5H3,(H,30,33). The predicted molar refractivity (Wildman–Crippen MR) is 137 cm³/mol. The van der Waals surface area contributed by atoms with Crippen molar-refractivity contribution >= 4 is 11.8 Å². The third-order valence-electron chi connectivity index (χ3n) is 6.61. The first kappa shape index (κ1) is 25.8. The first-order valence-corrected chi connectivity index (χ1v) is 12.6. The summed E-state index contributed by atoms with van der Waals surface area (Å²) in [4.78, 5) is 28.3. The molecule has 0 aromatic heterocycles. The van der Waals surface area contributed by atoms with Gasteiger partial charge in [0, 0.05) is 12.6 Å². The second-order valence-corrected chi connectivity index (χ2v) is 10.5. The number of carbonyl (C=O) groups excluding carboxylic acids is 2. The molecular formula is C29H40N2O3. The number of hydrogen-bond donors (Lipinski definition) is 1. The SMILES string of the molecule is CCC(C(=O)NC1CCCC1)N(Cc1cccc(C)c1)C(=O)COc1ccc(C(C)(C)C)cc1. The molecule has 1 aliphatic carbocycles. The summed E-state index contributed by atoms with van der Waals surface area (Å²) in [7, 11) is 0. The maximum Gasteiger partial charge on any atom is 0.261 e. The molecule has 1 unspecified atom stereocenters. The summed E-state index contributed by atoms with van der Waals surface area (Å²) in [6.45, 7) is 10.8. The van der Waals surface area contributed by atoms with Gasteiger partial charge in [-0.15, -0.1) is 0 Å². The summed E-state index contributed by atoms with van der Waals surface area (Å²) in [5.74, 6) is 0.403. The molecule has 2 aromatic carbocycles. The Morgan fingerprint density at radius 3 is 2.35 bits per heavy atom. The van der Waals surface area contributed by atoms with Crippen molar-refractivity contribution in [1.29, 1.82) is 0 Å². The van der Waals surface area contributed by atoms with Crippen molar-refractivity contribution in [3.8, 4) is 5.75 Å². The van der Waals surface area contributed by atoms with Crippen LogP contribution in [0.2, 0.25) is 0 Å². The minimum absolute atomic E-state index is 0.0555. The zero-order chi connectivity index (χ0) is 24.7. The maximum atomic E-state index is 13.4. The summed E-state index contributed by atoms with van der Waals surface area (Å²) in [5.41, 5.74) is 3.40. The maximum absolute atomic E-state index is 13.4. The number of ether oxygens (including phenoxy) is 1. The van der Waals surface area contributed by atoms with Crippen LogP contribution in [-0.4, -0.2) is 35.4 Å². The number of rotatable bonds is 9. The highest BCUT2D eigenvalue weighted by Crippen LogP contribution is 2.24. The van der Waals surface area contributed by atoms with Crippen LogP contribution in [0.25, 0.3) is 0 Å². The minimum atomic E-state index is -0.527. The monoisotopic (exact) mass is 464 g/mol. The molecule has 1 fully saturated rings. The van der Waals surface area contributed by atoms with Crippen LogP contribution in [0.5, 0.6) is 5.75 Å². The van der Waals surface area contributed by atoms with Crippen molar-refractivity contribution in [3.05, 3.63) is 65.2 Å². The lowest BCUT2D eigenvalue weighted by molar-refractivity contribution is -0.143. The van der Waals surface area contributed by atoms with Gasteiger partial charge < -0.3 is 15.0 Å². The van der Waals surface area contributed by atoms with Crippen molar-refractivity contribution in [2.45, 2.75) is 90.8 Å². The molecule has 2 amide bonds. The van der Waals surface area contributed by atoms with E-state index in [1.165, 1.54) is 5.56 Å². The van der Waals surface area contributed by atoms with Crippen molar-refractivity contribution in [2.24, 2.45) is 0 Å². The van der Waals surface area contributed by atoms with Crippen LogP contribution in [-0.2, 0) is 21.5 Å². The van der Waals surface area contributed by atoms with E-state index in [0.717, 1.165) is 36.8 Å². The predicted octanol–water partition coefficient (Wildman–Crippen LogP) is 5.54. The highest BCUT2D eigenvalue weighted by atomic mass is 16.5. The first-order valence-electron chi connectivity index (χ1n) is 12.6. The fourth-order valence-corrected chi connectivity index (χ4v) is 4.57. The van der Waals surface area contributed by atoms with E-state index in [0.29, 0.717) is 18.7 Å². The molecule has 0 spiro atoms. The van der Waals surface area contributed by atoms with Gasteiger partial charge in [0.15, 0.2) is 6.61 Å². The van der Waals surface area contributed by atoms with Gasteiger partial charge in [-0.3, -0.25) is 9.59 Å². The highest BCUT2D eigenvalue weighted by molar-refractivity contribution is 5.88. The number of carbonyl (C=O) groups is 2. The topological polar surface area (TPSA) is 58.6 Å². The molecule has 1 atom stereocenters. The Balaban J connectivity index is 1.74. The highest BCUT2D eigenvalue weighted by Gasteiger charge is 2.31. The number of amides is 2. The molecule has 0 bridgehead atoms. The van der Waals surface area contributed by atoms with Crippen LogP contribution in [0.4, 0.5) is 0 Å². The van der Waals surface area contributed by atoms with Gasteiger partial charge in [0.1, 0.15) is 11.8 Å². The Morgan fingerprint density at radius 1 is 1.09 bits per heavy atom. The molecular weight excluding hydrogens is 424 g/mol. The Bertz CT molecular complexity index is 956. The summed E-state index contributed by atoms with van der Waals surface area (Å²) >= 11 is 0. The van der Waals surface area contributed by atoms with Gasteiger partial charge in [0.05, 0.1) is 0 Å². The molecule has 5 heteroatoms. The molecule has 0 aliphatic heterocycles. The van der Waals surface area contributed by atoms with Crippen LogP contribution in [0.15, 0.2) is 48.5 Å². The van der Waals surface area contributed by atoms with E-state index in [2.05, 4.69) is 32.2 Å². The van der Waals surface area contributed by atoms with Gasteiger partial charge in [0.2, 0.25) is 5.91 Å².